The molecule has 2 heterocycles. The van der Waals surface area contributed by atoms with Crippen molar-refractivity contribution in [2.45, 2.75) is 12.8 Å². The number of pyridine rings is 1. The molecule has 1 aromatic carbocycles. The molecule has 0 spiro atoms. The molecule has 2 amide bonds. The van der Waals surface area contributed by atoms with Crippen molar-refractivity contribution in [2.75, 3.05) is 45.7 Å². The van der Waals surface area contributed by atoms with Gasteiger partial charge in [0.05, 0.1) is 19.9 Å². The van der Waals surface area contributed by atoms with E-state index >= 15 is 0 Å². The number of aromatic nitrogens is 1. The number of methoxy groups -OCH3 is 2. The van der Waals surface area contributed by atoms with Crippen molar-refractivity contribution in [3.05, 3.63) is 47.8 Å². The largest absolute Gasteiger partial charge is 0.493 e. The zero-order valence-corrected chi connectivity index (χ0v) is 16.7. The third-order valence-corrected chi connectivity index (χ3v) is 4.84. The fraction of sp³-hybridized carbons (Fsp3) is 0.381. The molecule has 2 N–H and O–H groups in total. The maximum absolute atomic E-state index is 12.6. The summed E-state index contributed by atoms with van der Waals surface area (Å²) in [6.07, 6.45) is 5.50. The topological polar surface area (TPSA) is 92.8 Å². The first-order valence-corrected chi connectivity index (χ1v) is 9.60. The van der Waals surface area contributed by atoms with E-state index in [0.717, 1.165) is 19.6 Å². The van der Waals surface area contributed by atoms with Gasteiger partial charge in [0.1, 0.15) is 0 Å². The van der Waals surface area contributed by atoms with Crippen LogP contribution in [0.5, 0.6) is 11.5 Å². The fourth-order valence-electron chi connectivity index (χ4n) is 3.32. The van der Waals surface area contributed by atoms with E-state index in [4.69, 9.17) is 9.47 Å². The van der Waals surface area contributed by atoms with Crippen molar-refractivity contribution in [2.24, 2.45) is 0 Å². The second kappa shape index (κ2) is 9.88. The molecule has 29 heavy (non-hydrogen) atoms. The van der Waals surface area contributed by atoms with E-state index < -0.39 is 0 Å². The van der Waals surface area contributed by atoms with Crippen LogP contribution in [0, 0.1) is 0 Å². The first-order chi connectivity index (χ1) is 14.1. The summed E-state index contributed by atoms with van der Waals surface area (Å²) >= 11 is 0. The van der Waals surface area contributed by atoms with Crippen LogP contribution < -0.4 is 20.1 Å². The van der Waals surface area contributed by atoms with E-state index in [1.54, 1.807) is 24.3 Å². The summed E-state index contributed by atoms with van der Waals surface area (Å²) in [5.41, 5.74) is 1.19. The summed E-state index contributed by atoms with van der Waals surface area (Å²) in [5, 5.41) is 5.72. The van der Waals surface area contributed by atoms with Crippen LogP contribution >= 0.6 is 0 Å². The summed E-state index contributed by atoms with van der Waals surface area (Å²) in [6, 6.07) is 6.40. The lowest BCUT2D eigenvalue weighted by Gasteiger charge is -2.17. The Hall–Kier alpha value is -3.13. The Morgan fingerprint density at radius 1 is 1.03 bits per heavy atom. The predicted molar refractivity (Wildman–Crippen MR) is 110 cm³/mol. The lowest BCUT2D eigenvalue weighted by atomic mass is 10.1. The van der Waals surface area contributed by atoms with Gasteiger partial charge in [0.2, 0.25) is 0 Å². The molecule has 1 aliphatic rings. The van der Waals surface area contributed by atoms with E-state index in [9.17, 15) is 9.59 Å². The molecular weight excluding hydrogens is 372 g/mol. The highest BCUT2D eigenvalue weighted by molar-refractivity contribution is 6.06. The number of anilines is 1. The number of likely N-dealkylation sites (tertiary alicyclic amines) is 1. The molecule has 0 radical (unpaired) electrons. The number of carbonyl (C=O) groups excluding carboxylic acids is 2. The van der Waals surface area contributed by atoms with E-state index in [0.29, 0.717) is 34.9 Å². The van der Waals surface area contributed by atoms with Crippen LogP contribution in [0.25, 0.3) is 0 Å². The predicted octanol–water partition coefficient (Wildman–Crippen LogP) is 2.18. The molecule has 1 aromatic heterocycles. The van der Waals surface area contributed by atoms with Crippen LogP contribution in [-0.4, -0.2) is 62.1 Å². The zero-order chi connectivity index (χ0) is 20.6. The van der Waals surface area contributed by atoms with E-state index in [2.05, 4.69) is 20.5 Å². The van der Waals surface area contributed by atoms with Gasteiger partial charge in [0.25, 0.3) is 11.8 Å². The molecule has 154 valence electrons. The van der Waals surface area contributed by atoms with Crippen LogP contribution in [0.4, 0.5) is 5.69 Å². The number of ether oxygens (including phenoxy) is 2. The second-order valence-corrected chi connectivity index (χ2v) is 6.75. The summed E-state index contributed by atoms with van der Waals surface area (Å²) in [6.45, 7) is 3.55. The van der Waals surface area contributed by atoms with Gasteiger partial charge in [-0.15, -0.1) is 0 Å². The lowest BCUT2D eigenvalue weighted by Crippen LogP contribution is -2.33. The monoisotopic (exact) mass is 398 g/mol. The second-order valence-electron chi connectivity index (χ2n) is 6.75. The Kier molecular flexibility index (Phi) is 7.02. The molecule has 0 unspecified atom stereocenters. The summed E-state index contributed by atoms with van der Waals surface area (Å²) in [7, 11) is 2.97. The van der Waals surface area contributed by atoms with Crippen LogP contribution in [0.1, 0.15) is 33.6 Å². The molecule has 8 nitrogen and oxygen atoms in total. The van der Waals surface area contributed by atoms with E-state index in [1.165, 1.54) is 39.5 Å². The Morgan fingerprint density at radius 3 is 2.41 bits per heavy atom. The summed E-state index contributed by atoms with van der Waals surface area (Å²) in [5.74, 6) is 0.150. The average Bonchev–Trinajstić information content (AvgIpc) is 3.27. The van der Waals surface area contributed by atoms with E-state index in [1.807, 2.05) is 0 Å². The minimum Gasteiger partial charge on any atom is -0.493 e. The molecule has 0 bridgehead atoms. The van der Waals surface area contributed by atoms with Crippen LogP contribution in [0.2, 0.25) is 0 Å². The van der Waals surface area contributed by atoms with Crippen molar-refractivity contribution in [3.8, 4) is 11.5 Å². The van der Waals surface area contributed by atoms with Crippen molar-refractivity contribution in [1.82, 2.24) is 15.2 Å². The Balaban J connectivity index is 1.76. The minimum atomic E-state index is -0.334. The van der Waals surface area contributed by atoms with Gasteiger partial charge in [-0.05, 0) is 50.2 Å². The zero-order valence-electron chi connectivity index (χ0n) is 16.7. The van der Waals surface area contributed by atoms with Crippen LogP contribution in [0.15, 0.2) is 36.7 Å². The van der Waals surface area contributed by atoms with E-state index in [-0.39, 0.29) is 11.8 Å². The maximum atomic E-state index is 12.6. The van der Waals surface area contributed by atoms with Gasteiger partial charge in [-0.3, -0.25) is 14.6 Å². The van der Waals surface area contributed by atoms with Gasteiger partial charge in [-0.2, -0.15) is 0 Å². The Bertz CT molecular complexity index is 851. The Morgan fingerprint density at radius 2 is 1.76 bits per heavy atom. The van der Waals surface area contributed by atoms with Gasteiger partial charge >= 0.3 is 0 Å². The number of nitrogens with zero attached hydrogens (tertiary/aromatic N) is 2. The molecule has 0 aliphatic carbocycles. The molecule has 0 saturated carbocycles. The number of rotatable bonds is 8. The molecule has 1 fully saturated rings. The first kappa shape index (κ1) is 20.6. The van der Waals surface area contributed by atoms with Crippen molar-refractivity contribution < 1.29 is 19.1 Å². The summed E-state index contributed by atoms with van der Waals surface area (Å²) in [4.78, 5) is 31.4. The van der Waals surface area contributed by atoms with Gasteiger partial charge < -0.3 is 25.0 Å². The van der Waals surface area contributed by atoms with Crippen molar-refractivity contribution >= 4 is 17.5 Å². The first-order valence-electron chi connectivity index (χ1n) is 9.60. The highest BCUT2D eigenvalue weighted by atomic mass is 16.5. The van der Waals surface area contributed by atoms with Crippen molar-refractivity contribution in [1.29, 1.82) is 0 Å². The Labute approximate surface area is 170 Å². The maximum Gasteiger partial charge on any atom is 0.255 e. The van der Waals surface area contributed by atoms with Crippen molar-refractivity contribution in [3.63, 3.8) is 0 Å². The standard InChI is InChI=1S/C21H26N4O4/c1-28-18-14-16(20(26)23-9-12-25-10-3-4-11-25)13-17(19(18)29-2)24-21(27)15-5-7-22-8-6-15/h5-8,13-14H,3-4,9-12H2,1-2H3,(H,23,26)(H,24,27). The van der Waals surface area contributed by atoms with Gasteiger partial charge in [-0.25, -0.2) is 0 Å². The fourth-order valence-corrected chi connectivity index (χ4v) is 3.32. The SMILES string of the molecule is COc1cc(C(=O)NCCN2CCCC2)cc(NC(=O)c2ccncc2)c1OC. The van der Waals surface area contributed by atoms with Gasteiger partial charge in [0, 0.05) is 36.6 Å². The highest BCUT2D eigenvalue weighted by Gasteiger charge is 2.19. The molecule has 1 aliphatic heterocycles. The smallest absolute Gasteiger partial charge is 0.255 e. The molecule has 2 aromatic rings. The third kappa shape index (κ3) is 5.23. The number of nitrogens with one attached hydrogen (secondary N) is 2. The number of carbonyl (C=O) groups is 2. The molecular formula is C21H26N4O4. The highest BCUT2D eigenvalue weighted by Crippen LogP contribution is 2.36. The number of hydrogen-bond acceptors (Lipinski definition) is 6. The number of hydrogen-bond donors (Lipinski definition) is 2. The normalized spacial score (nSPS) is 13.7. The van der Waals surface area contributed by atoms with Gasteiger partial charge in [-0.1, -0.05) is 0 Å². The molecule has 0 atom stereocenters. The summed E-state index contributed by atoms with van der Waals surface area (Å²) < 4.78 is 10.8. The number of benzene rings is 1. The molecule has 1 saturated heterocycles. The van der Waals surface area contributed by atoms with Crippen LogP contribution in [0.3, 0.4) is 0 Å². The van der Waals surface area contributed by atoms with Crippen LogP contribution in [-0.2, 0) is 0 Å². The number of amides is 2. The third-order valence-electron chi connectivity index (χ3n) is 4.84. The van der Waals surface area contributed by atoms with Gasteiger partial charge in [0.15, 0.2) is 11.5 Å². The lowest BCUT2D eigenvalue weighted by molar-refractivity contribution is 0.0948. The average molecular weight is 398 g/mol. The molecule has 3 rings (SSSR count). The quantitative estimate of drug-likeness (QED) is 0.708. The minimum absolute atomic E-state index is 0.232. The molecule has 8 heteroatoms.